The van der Waals surface area contributed by atoms with Crippen molar-refractivity contribution in [2.75, 3.05) is 13.2 Å². The number of rotatable bonds is 1. The molecule has 0 bridgehead atoms. The van der Waals surface area contributed by atoms with E-state index in [2.05, 4.69) is 18.0 Å². The highest BCUT2D eigenvalue weighted by atomic mass is 16.5. The van der Waals surface area contributed by atoms with Crippen LogP contribution in [0.2, 0.25) is 0 Å². The summed E-state index contributed by atoms with van der Waals surface area (Å²) in [6.45, 7) is 5.73. The van der Waals surface area contributed by atoms with Gasteiger partial charge < -0.3 is 4.74 Å². The van der Waals surface area contributed by atoms with Crippen molar-refractivity contribution in [3.63, 3.8) is 0 Å². The summed E-state index contributed by atoms with van der Waals surface area (Å²) >= 11 is 0. The van der Waals surface area contributed by atoms with Crippen LogP contribution in [0.25, 0.3) is 0 Å². The van der Waals surface area contributed by atoms with Gasteiger partial charge in [-0.05, 0) is 33.1 Å². The van der Waals surface area contributed by atoms with E-state index < -0.39 is 0 Å². The Kier molecular flexibility index (Phi) is 3.85. The number of ether oxygens (including phenoxy) is 1. The molecule has 1 rings (SSSR count). The van der Waals surface area contributed by atoms with E-state index in [1.807, 2.05) is 6.92 Å². The van der Waals surface area contributed by atoms with E-state index in [-0.39, 0.29) is 0 Å². The second-order valence-corrected chi connectivity index (χ2v) is 2.90. The lowest BCUT2D eigenvalue weighted by Crippen LogP contribution is -2.06. The van der Waals surface area contributed by atoms with Gasteiger partial charge in [0.25, 0.3) is 0 Å². The second kappa shape index (κ2) is 4.96. The van der Waals surface area contributed by atoms with E-state index in [0.717, 1.165) is 31.9 Å². The molecule has 1 heterocycles. The van der Waals surface area contributed by atoms with Gasteiger partial charge in [0.05, 0.1) is 6.61 Å². The summed E-state index contributed by atoms with van der Waals surface area (Å²) in [5.41, 5.74) is 1.27. The van der Waals surface area contributed by atoms with Crippen LogP contribution < -0.4 is 0 Å². The molecule has 0 atom stereocenters. The Balaban J connectivity index is 2.71. The fraction of sp³-hybridized carbons (Fsp3) is 0.700. The molecule has 0 aliphatic carbocycles. The molecule has 0 radical (unpaired) electrons. The van der Waals surface area contributed by atoms with E-state index in [4.69, 9.17) is 4.74 Å². The Hall–Kier alpha value is -0.790. The van der Waals surface area contributed by atoms with Crippen molar-refractivity contribution in [1.29, 1.82) is 0 Å². The molecule has 68 valence electrons. The molecule has 0 unspecified atom stereocenters. The molecule has 0 saturated carbocycles. The lowest BCUT2D eigenvalue weighted by atomic mass is 10.1. The van der Waals surface area contributed by atoms with Crippen molar-refractivity contribution < 1.29 is 4.74 Å². The summed E-state index contributed by atoms with van der Waals surface area (Å²) in [6, 6.07) is 0. The molecule has 2 nitrogen and oxygen atoms in total. The van der Waals surface area contributed by atoms with Crippen LogP contribution in [0.1, 0.15) is 33.1 Å². The highest BCUT2D eigenvalue weighted by molar-refractivity contribution is 5.93. The minimum atomic E-state index is 0.812. The van der Waals surface area contributed by atoms with Crippen LogP contribution in [0.3, 0.4) is 0 Å². The highest BCUT2D eigenvalue weighted by Gasteiger charge is 2.10. The topological polar surface area (TPSA) is 21.6 Å². The van der Waals surface area contributed by atoms with Crippen LogP contribution in [-0.2, 0) is 4.74 Å². The fourth-order valence-electron chi connectivity index (χ4n) is 1.34. The van der Waals surface area contributed by atoms with Crippen LogP contribution in [0.5, 0.6) is 0 Å². The molecule has 0 aromatic heterocycles. The Morgan fingerprint density at radius 1 is 1.50 bits per heavy atom. The first kappa shape index (κ1) is 9.30. The summed E-state index contributed by atoms with van der Waals surface area (Å²) in [5.74, 6) is 0.873. The summed E-state index contributed by atoms with van der Waals surface area (Å²) < 4.78 is 5.53. The van der Waals surface area contributed by atoms with Crippen LogP contribution in [0.4, 0.5) is 0 Å². The Morgan fingerprint density at radius 3 is 3.00 bits per heavy atom. The molecule has 12 heavy (non-hydrogen) atoms. The summed E-state index contributed by atoms with van der Waals surface area (Å²) in [4.78, 5) is 4.32. The van der Waals surface area contributed by atoms with Gasteiger partial charge in [-0.2, -0.15) is 0 Å². The predicted molar refractivity (Wildman–Crippen MR) is 51.5 cm³/mol. The first-order valence-corrected chi connectivity index (χ1v) is 4.71. The molecule has 2 heteroatoms. The lowest BCUT2D eigenvalue weighted by molar-refractivity contribution is 0.304. The zero-order valence-corrected chi connectivity index (χ0v) is 7.97. The first-order valence-electron chi connectivity index (χ1n) is 4.71. The van der Waals surface area contributed by atoms with Gasteiger partial charge in [-0.15, -0.1) is 0 Å². The van der Waals surface area contributed by atoms with Gasteiger partial charge in [-0.3, -0.25) is 4.99 Å². The summed E-state index contributed by atoms with van der Waals surface area (Å²) in [7, 11) is 0. The minimum Gasteiger partial charge on any atom is -0.478 e. The van der Waals surface area contributed by atoms with Crippen molar-refractivity contribution in [1.82, 2.24) is 0 Å². The summed E-state index contributed by atoms with van der Waals surface area (Å²) in [6.07, 6.45) is 5.61. The van der Waals surface area contributed by atoms with E-state index in [1.165, 1.54) is 12.0 Å². The van der Waals surface area contributed by atoms with Crippen molar-refractivity contribution in [3.8, 4) is 0 Å². The number of aliphatic imine (C=N–C) groups is 1. The van der Waals surface area contributed by atoms with Crippen molar-refractivity contribution in [3.05, 3.63) is 11.6 Å². The van der Waals surface area contributed by atoms with Crippen LogP contribution in [-0.4, -0.2) is 19.0 Å². The molecule has 0 aromatic rings. The molecule has 1 saturated heterocycles. The highest BCUT2D eigenvalue weighted by Crippen LogP contribution is 2.15. The number of hydrogen-bond acceptors (Lipinski definition) is 2. The molecule has 0 N–H and O–H groups in total. The largest absolute Gasteiger partial charge is 0.478 e. The van der Waals surface area contributed by atoms with Crippen LogP contribution >= 0.6 is 0 Å². The maximum atomic E-state index is 5.53. The first-order chi connectivity index (χ1) is 5.88. The molecular weight excluding hydrogens is 150 g/mol. The number of nitrogens with zero attached hydrogens (tertiary/aromatic N) is 1. The molecule has 1 fully saturated rings. The number of hydrogen-bond donors (Lipinski definition) is 0. The molecular formula is C10H17NO. The Morgan fingerprint density at radius 2 is 2.33 bits per heavy atom. The molecule has 1 aliphatic rings. The fourth-order valence-corrected chi connectivity index (χ4v) is 1.34. The Bertz CT molecular complexity index is 194. The predicted octanol–water partition coefficient (Wildman–Crippen LogP) is 2.55. The Labute approximate surface area is 74.3 Å². The second-order valence-electron chi connectivity index (χ2n) is 2.90. The SMILES string of the molecule is C/C=C1/CCCCOC1=NCC. The maximum absolute atomic E-state index is 5.53. The van der Waals surface area contributed by atoms with Gasteiger partial charge in [-0.1, -0.05) is 6.08 Å². The third kappa shape index (κ3) is 2.36. The maximum Gasteiger partial charge on any atom is 0.211 e. The zero-order chi connectivity index (χ0) is 8.81. The third-order valence-corrected chi connectivity index (χ3v) is 2.00. The smallest absolute Gasteiger partial charge is 0.211 e. The molecule has 0 aromatic carbocycles. The van der Waals surface area contributed by atoms with Crippen molar-refractivity contribution in [2.24, 2.45) is 4.99 Å². The average molecular weight is 167 g/mol. The lowest BCUT2D eigenvalue weighted by Gasteiger charge is -2.06. The van der Waals surface area contributed by atoms with Gasteiger partial charge in [-0.25, -0.2) is 0 Å². The normalized spacial score (nSPS) is 25.5. The molecule has 1 aliphatic heterocycles. The average Bonchev–Trinajstić information content (AvgIpc) is 2.30. The third-order valence-electron chi connectivity index (χ3n) is 2.00. The standard InChI is InChI=1S/C10H17NO/c1-3-9-7-5-6-8-12-10(9)11-4-2/h3H,4-8H2,1-2H3/b9-3-,11-10?. The molecule has 0 spiro atoms. The van der Waals surface area contributed by atoms with E-state index in [9.17, 15) is 0 Å². The van der Waals surface area contributed by atoms with Crippen LogP contribution in [0.15, 0.2) is 16.6 Å². The van der Waals surface area contributed by atoms with Gasteiger partial charge in [0.2, 0.25) is 5.90 Å². The van der Waals surface area contributed by atoms with Gasteiger partial charge in [0.15, 0.2) is 0 Å². The minimum absolute atomic E-state index is 0.812. The van der Waals surface area contributed by atoms with Gasteiger partial charge >= 0.3 is 0 Å². The van der Waals surface area contributed by atoms with Crippen molar-refractivity contribution in [2.45, 2.75) is 33.1 Å². The monoisotopic (exact) mass is 167 g/mol. The molecule has 0 amide bonds. The van der Waals surface area contributed by atoms with Crippen LogP contribution in [0, 0.1) is 0 Å². The summed E-state index contributed by atoms with van der Waals surface area (Å²) in [5, 5.41) is 0. The van der Waals surface area contributed by atoms with Crippen molar-refractivity contribution >= 4 is 5.90 Å². The van der Waals surface area contributed by atoms with E-state index >= 15 is 0 Å². The quantitative estimate of drug-likeness (QED) is 0.588. The number of allylic oxidation sites excluding steroid dienone is 1. The van der Waals surface area contributed by atoms with E-state index in [1.54, 1.807) is 0 Å². The zero-order valence-electron chi connectivity index (χ0n) is 7.97. The van der Waals surface area contributed by atoms with E-state index in [0.29, 0.717) is 0 Å². The van der Waals surface area contributed by atoms with Gasteiger partial charge in [0, 0.05) is 12.1 Å². The van der Waals surface area contributed by atoms with Gasteiger partial charge in [0.1, 0.15) is 0 Å².